The second kappa shape index (κ2) is 8.33. The molecule has 0 spiro atoms. The largest absolute Gasteiger partial charge is 0.420 e. The molecule has 1 N–H and O–H groups in total. The van der Waals surface area contributed by atoms with Gasteiger partial charge in [-0.2, -0.15) is 4.37 Å². The fraction of sp³-hybridized carbons (Fsp3) is 0.348. The van der Waals surface area contributed by atoms with Crippen molar-refractivity contribution in [3.63, 3.8) is 0 Å². The van der Waals surface area contributed by atoms with Crippen LogP contribution in [0.25, 0.3) is 11.1 Å². The summed E-state index contributed by atoms with van der Waals surface area (Å²) in [6, 6.07) is 10.7. The maximum atomic E-state index is 12.8. The van der Waals surface area contributed by atoms with Crippen LogP contribution in [0.3, 0.4) is 0 Å². The molecule has 0 saturated heterocycles. The van der Waals surface area contributed by atoms with Gasteiger partial charge in [0.1, 0.15) is 6.33 Å². The van der Waals surface area contributed by atoms with Crippen molar-refractivity contribution in [1.82, 2.24) is 18.8 Å². The molecular formula is C23H23N5O4S2. The highest BCUT2D eigenvalue weighted by Gasteiger charge is 2.27. The van der Waals surface area contributed by atoms with Crippen LogP contribution in [0.4, 0.5) is 5.13 Å². The standard InChI is InChI=1S/C23H23N5O4S2/c29-23-28(12-17-3-1-2-16-8-9-27(13-19(16)17)11-15-4-5-15)20-7-6-18(10-21(20)32-23)34(30,31)26-22-24-14-25-33-22/h1-3,6-7,10,14-15H,4-5,8-9,11-13H2,(H,24,25,26). The number of nitrogens with zero attached hydrogens (tertiary/aromatic N) is 4. The fourth-order valence-corrected chi connectivity index (χ4v) is 6.28. The van der Waals surface area contributed by atoms with Crippen molar-refractivity contribution >= 4 is 37.8 Å². The fourth-order valence-electron chi connectivity index (χ4n) is 4.60. The van der Waals surface area contributed by atoms with E-state index in [1.807, 2.05) is 6.07 Å². The van der Waals surface area contributed by atoms with E-state index in [9.17, 15) is 13.2 Å². The molecule has 3 heterocycles. The van der Waals surface area contributed by atoms with Crippen molar-refractivity contribution < 1.29 is 12.8 Å². The lowest BCUT2D eigenvalue weighted by Gasteiger charge is -2.30. The zero-order valence-electron chi connectivity index (χ0n) is 18.3. The molecule has 0 unspecified atom stereocenters. The second-order valence-electron chi connectivity index (χ2n) is 8.92. The van der Waals surface area contributed by atoms with Gasteiger partial charge in [0.15, 0.2) is 5.58 Å². The van der Waals surface area contributed by atoms with E-state index in [1.165, 1.54) is 42.4 Å². The number of benzene rings is 2. The van der Waals surface area contributed by atoms with Crippen LogP contribution in [-0.4, -0.2) is 40.3 Å². The molecule has 2 aliphatic rings. The summed E-state index contributed by atoms with van der Waals surface area (Å²) in [6.45, 7) is 3.49. The first-order valence-corrected chi connectivity index (χ1v) is 13.5. The molecule has 9 nitrogen and oxygen atoms in total. The molecule has 0 radical (unpaired) electrons. The summed E-state index contributed by atoms with van der Waals surface area (Å²) in [7, 11) is -3.88. The van der Waals surface area contributed by atoms with E-state index in [1.54, 1.807) is 10.6 Å². The lowest BCUT2D eigenvalue weighted by Crippen LogP contribution is -2.33. The summed E-state index contributed by atoms with van der Waals surface area (Å²) in [5.74, 6) is 0.325. The zero-order valence-corrected chi connectivity index (χ0v) is 19.9. The summed E-state index contributed by atoms with van der Waals surface area (Å²) in [6.07, 6.45) is 4.95. The molecule has 2 aromatic heterocycles. The topological polar surface area (TPSA) is 110 Å². The number of aromatic nitrogens is 3. The van der Waals surface area contributed by atoms with Crippen LogP contribution in [0, 0.1) is 5.92 Å². The zero-order chi connectivity index (χ0) is 23.3. The summed E-state index contributed by atoms with van der Waals surface area (Å²) in [5.41, 5.74) is 4.50. The lowest BCUT2D eigenvalue weighted by molar-refractivity contribution is 0.243. The average Bonchev–Trinajstić information content (AvgIpc) is 3.38. The maximum Gasteiger partial charge on any atom is 0.420 e. The van der Waals surface area contributed by atoms with Crippen LogP contribution in [0.1, 0.15) is 29.5 Å². The number of oxazole rings is 1. The van der Waals surface area contributed by atoms with Crippen LogP contribution >= 0.6 is 11.5 Å². The van der Waals surface area contributed by atoms with Crippen LogP contribution < -0.4 is 10.5 Å². The Labute approximate surface area is 200 Å². The second-order valence-corrected chi connectivity index (χ2v) is 11.4. The van der Waals surface area contributed by atoms with Gasteiger partial charge in [0, 0.05) is 37.2 Å². The SMILES string of the molecule is O=c1oc2cc(S(=O)(=O)Nc3ncns3)ccc2n1Cc1cccc2c1CN(CC1CC1)CC2. The summed E-state index contributed by atoms with van der Waals surface area (Å²) >= 11 is 0.941. The van der Waals surface area contributed by atoms with E-state index in [4.69, 9.17) is 4.42 Å². The van der Waals surface area contributed by atoms with E-state index in [0.717, 1.165) is 49.1 Å². The Kier molecular flexibility index (Phi) is 5.27. The van der Waals surface area contributed by atoms with Crippen molar-refractivity contribution in [2.24, 2.45) is 5.92 Å². The van der Waals surface area contributed by atoms with E-state index in [2.05, 4.69) is 31.1 Å². The predicted molar refractivity (Wildman–Crippen MR) is 128 cm³/mol. The Hall–Kier alpha value is -3.02. The van der Waals surface area contributed by atoms with E-state index in [-0.39, 0.29) is 15.6 Å². The summed E-state index contributed by atoms with van der Waals surface area (Å²) < 4.78 is 38.6. The van der Waals surface area contributed by atoms with Gasteiger partial charge in [0.2, 0.25) is 5.13 Å². The third kappa shape index (κ3) is 4.15. The average molecular weight is 498 g/mol. The molecule has 34 heavy (non-hydrogen) atoms. The number of hydrogen-bond donors (Lipinski definition) is 1. The van der Waals surface area contributed by atoms with Crippen molar-refractivity contribution in [3.8, 4) is 0 Å². The Morgan fingerprint density at radius 1 is 1.21 bits per heavy atom. The Morgan fingerprint density at radius 2 is 2.09 bits per heavy atom. The van der Waals surface area contributed by atoms with Crippen LogP contribution in [0.5, 0.6) is 0 Å². The van der Waals surface area contributed by atoms with Gasteiger partial charge in [-0.15, -0.1) is 0 Å². The van der Waals surface area contributed by atoms with Crippen LogP contribution in [-0.2, 0) is 29.5 Å². The Balaban J connectivity index is 1.30. The lowest BCUT2D eigenvalue weighted by atomic mass is 9.94. The highest BCUT2D eigenvalue weighted by atomic mass is 32.2. The molecule has 1 aliphatic carbocycles. The number of rotatable bonds is 7. The third-order valence-electron chi connectivity index (χ3n) is 6.52. The smallest absolute Gasteiger partial charge is 0.408 e. The minimum Gasteiger partial charge on any atom is -0.408 e. The number of hydrogen-bond acceptors (Lipinski definition) is 8. The molecule has 0 bridgehead atoms. The number of sulfonamides is 1. The van der Waals surface area contributed by atoms with Gasteiger partial charge >= 0.3 is 5.76 Å². The molecule has 0 atom stereocenters. The van der Waals surface area contributed by atoms with Gasteiger partial charge in [-0.1, -0.05) is 18.2 Å². The van der Waals surface area contributed by atoms with Crippen molar-refractivity contribution in [3.05, 3.63) is 70.0 Å². The molecule has 0 amide bonds. The van der Waals surface area contributed by atoms with Crippen molar-refractivity contribution in [2.45, 2.75) is 37.2 Å². The van der Waals surface area contributed by atoms with Gasteiger partial charge < -0.3 is 4.42 Å². The van der Waals surface area contributed by atoms with Crippen molar-refractivity contribution in [1.29, 1.82) is 0 Å². The van der Waals surface area contributed by atoms with Gasteiger partial charge in [-0.25, -0.2) is 18.2 Å². The van der Waals surface area contributed by atoms with Crippen LogP contribution in [0.15, 0.2) is 56.8 Å². The molecule has 6 rings (SSSR count). The minimum atomic E-state index is -3.88. The molecule has 1 saturated carbocycles. The molecule has 1 fully saturated rings. The maximum absolute atomic E-state index is 12.8. The molecule has 11 heteroatoms. The quantitative estimate of drug-likeness (QED) is 0.418. The minimum absolute atomic E-state index is 0.0103. The van der Waals surface area contributed by atoms with E-state index < -0.39 is 15.8 Å². The molecule has 2 aromatic carbocycles. The Morgan fingerprint density at radius 3 is 2.88 bits per heavy atom. The summed E-state index contributed by atoms with van der Waals surface area (Å²) in [5, 5.41) is 0.170. The third-order valence-corrected chi connectivity index (χ3v) is 8.57. The first kappa shape index (κ1) is 21.5. The van der Waals surface area contributed by atoms with Gasteiger partial charge in [-0.05, 0) is 54.0 Å². The highest BCUT2D eigenvalue weighted by Crippen LogP contribution is 2.32. The van der Waals surface area contributed by atoms with E-state index in [0.29, 0.717) is 12.1 Å². The van der Waals surface area contributed by atoms with E-state index >= 15 is 0 Å². The molecule has 176 valence electrons. The molecular weight excluding hydrogens is 474 g/mol. The first-order chi connectivity index (χ1) is 16.5. The number of anilines is 1. The van der Waals surface area contributed by atoms with Gasteiger partial charge in [0.25, 0.3) is 10.0 Å². The normalized spacial score (nSPS) is 16.6. The number of fused-ring (bicyclic) bond motifs is 2. The molecule has 1 aliphatic heterocycles. The predicted octanol–water partition coefficient (Wildman–Crippen LogP) is 3.06. The van der Waals surface area contributed by atoms with Crippen LogP contribution in [0.2, 0.25) is 0 Å². The first-order valence-electron chi connectivity index (χ1n) is 11.2. The van der Waals surface area contributed by atoms with Gasteiger partial charge in [0.05, 0.1) is 17.0 Å². The van der Waals surface area contributed by atoms with Crippen molar-refractivity contribution in [2.75, 3.05) is 17.8 Å². The summed E-state index contributed by atoms with van der Waals surface area (Å²) in [4.78, 5) is 19.1. The number of nitrogens with one attached hydrogen (secondary N) is 1. The molecule has 4 aromatic rings. The Bertz CT molecular complexity index is 1520. The monoisotopic (exact) mass is 497 g/mol. The highest BCUT2D eigenvalue weighted by molar-refractivity contribution is 7.93. The van der Waals surface area contributed by atoms with Gasteiger partial charge in [-0.3, -0.25) is 14.2 Å².